The Morgan fingerprint density at radius 1 is 0.700 bits per heavy atom. The molecule has 0 amide bonds. The van der Waals surface area contributed by atoms with Crippen molar-refractivity contribution in [3.63, 3.8) is 0 Å². The number of rotatable bonds is 0. The van der Waals surface area contributed by atoms with Crippen LogP contribution in [0.3, 0.4) is 0 Å². The summed E-state index contributed by atoms with van der Waals surface area (Å²) in [6, 6.07) is 25.7. The fourth-order valence-corrected chi connectivity index (χ4v) is 2.61. The molecule has 0 saturated carbocycles. The van der Waals surface area contributed by atoms with Gasteiger partial charge in [0.1, 0.15) is 0 Å². The van der Waals surface area contributed by atoms with Crippen LogP contribution in [0.5, 0.6) is 0 Å². The van der Waals surface area contributed by atoms with Crippen LogP contribution in [0.1, 0.15) is 37.8 Å². The van der Waals surface area contributed by atoms with Gasteiger partial charge in [-0.2, -0.15) is 25.0 Å². The van der Waals surface area contributed by atoms with Crippen molar-refractivity contribution in [1.29, 1.82) is 0 Å². The summed E-state index contributed by atoms with van der Waals surface area (Å²) < 4.78 is 0. The number of benzene rings is 2. The average Bonchev–Trinajstić information content (AvgIpc) is 3.25. The van der Waals surface area contributed by atoms with Crippen LogP contribution in [-0.4, -0.2) is 6.88 Å². The van der Waals surface area contributed by atoms with Crippen molar-refractivity contribution in [2.75, 3.05) is 0 Å². The third-order valence-corrected chi connectivity index (χ3v) is 3.52. The molecule has 0 heterocycles. The molecule has 0 nitrogen and oxygen atoms in total. The minimum atomic E-state index is 0. The normalized spacial score (nSPS) is 8.30. The summed E-state index contributed by atoms with van der Waals surface area (Å²) in [5, 5.41) is 5.39. The molecule has 0 aliphatic carbocycles. The summed E-state index contributed by atoms with van der Waals surface area (Å²) in [5.74, 6) is 0. The molecule has 0 aromatic heterocycles. The summed E-state index contributed by atoms with van der Waals surface area (Å²) in [6.07, 6.45) is 2.00. The van der Waals surface area contributed by atoms with Gasteiger partial charge in [0.05, 0.1) is 0 Å². The predicted octanol–water partition coefficient (Wildman–Crippen LogP) is 8.66. The number of fused-ring (bicyclic) bond motifs is 2. The number of aryl methyl sites for hydroxylation is 2. The summed E-state index contributed by atoms with van der Waals surface area (Å²) in [4.78, 5) is 0. The van der Waals surface area contributed by atoms with Crippen molar-refractivity contribution in [3.8, 4) is 0 Å². The van der Waals surface area contributed by atoms with Crippen LogP contribution in [0.25, 0.3) is 21.5 Å². The van der Waals surface area contributed by atoms with Gasteiger partial charge in [-0.25, -0.2) is 0 Å². The van der Waals surface area contributed by atoms with E-state index in [0.717, 1.165) is 12.8 Å². The SMILES string of the molecule is Cc1cc2ccccc2[cH-]1.Cc1cc2ccccc2[cH-]1.Cl.Cl.[CH2-]CC.[CH2-]CC.[Si]=[Zr]. The monoisotopic (exact) mass is 534 g/mol. The number of hydrogen-bond donors (Lipinski definition) is 0. The zero-order valence-electron chi connectivity index (χ0n) is 18.6. The predicted molar refractivity (Wildman–Crippen MR) is 140 cm³/mol. The first-order valence-electron chi connectivity index (χ1n) is 9.63. The third-order valence-electron chi connectivity index (χ3n) is 3.52. The van der Waals surface area contributed by atoms with Crippen LogP contribution in [0.15, 0.2) is 72.8 Å². The van der Waals surface area contributed by atoms with Crippen molar-refractivity contribution < 1.29 is 23.3 Å². The molecular weight excluding hydrogens is 503 g/mol. The van der Waals surface area contributed by atoms with Crippen molar-refractivity contribution in [2.24, 2.45) is 0 Å². The van der Waals surface area contributed by atoms with Gasteiger partial charge in [-0.15, -0.1) is 106 Å². The second-order valence-corrected chi connectivity index (χ2v) is 6.32. The molecular formula is C26H34Cl2SiZr-4. The molecule has 0 saturated heterocycles. The van der Waals surface area contributed by atoms with Gasteiger partial charge in [0.15, 0.2) is 0 Å². The van der Waals surface area contributed by atoms with Gasteiger partial charge in [-0.3, -0.25) is 0 Å². The van der Waals surface area contributed by atoms with E-state index in [0.29, 0.717) is 0 Å². The van der Waals surface area contributed by atoms with E-state index in [1.54, 1.807) is 0 Å². The van der Waals surface area contributed by atoms with Crippen LogP contribution in [0.4, 0.5) is 0 Å². The fraction of sp³-hybridized carbons (Fsp3) is 0.231. The van der Waals surface area contributed by atoms with Gasteiger partial charge in [-0.05, 0) is 0 Å². The molecule has 0 aliphatic rings. The van der Waals surface area contributed by atoms with Crippen molar-refractivity contribution >= 4 is 53.2 Å². The molecule has 0 fully saturated rings. The van der Waals surface area contributed by atoms with E-state index >= 15 is 0 Å². The summed E-state index contributed by atoms with van der Waals surface area (Å²) in [7, 11) is 0. The molecule has 0 unspecified atom stereocenters. The zero-order chi connectivity index (χ0) is 21.4. The van der Waals surface area contributed by atoms with E-state index in [1.165, 1.54) is 56.0 Å². The maximum atomic E-state index is 3.49. The van der Waals surface area contributed by atoms with Gasteiger partial charge in [0, 0.05) is 0 Å². The first-order valence-corrected chi connectivity index (χ1v) is 13.8. The van der Waals surface area contributed by atoms with Crippen molar-refractivity contribution in [1.82, 2.24) is 0 Å². The second-order valence-electron chi connectivity index (χ2n) is 6.32. The van der Waals surface area contributed by atoms with Gasteiger partial charge < -0.3 is 13.8 Å². The van der Waals surface area contributed by atoms with Crippen molar-refractivity contribution in [3.05, 3.63) is 97.8 Å². The Hall–Kier alpha value is -0.660. The van der Waals surface area contributed by atoms with E-state index < -0.39 is 0 Å². The van der Waals surface area contributed by atoms with Gasteiger partial charge in [0.25, 0.3) is 0 Å². The van der Waals surface area contributed by atoms with Crippen LogP contribution >= 0.6 is 24.8 Å². The quantitative estimate of drug-likeness (QED) is 0.156. The van der Waals surface area contributed by atoms with E-state index in [9.17, 15) is 0 Å². The van der Waals surface area contributed by atoms with E-state index in [2.05, 4.69) is 107 Å². The molecule has 164 valence electrons. The zero-order valence-corrected chi connectivity index (χ0v) is 23.7. The van der Waals surface area contributed by atoms with Gasteiger partial charge >= 0.3 is 30.2 Å². The van der Waals surface area contributed by atoms with E-state index in [-0.39, 0.29) is 24.8 Å². The van der Waals surface area contributed by atoms with Crippen LogP contribution < -0.4 is 0 Å². The Labute approximate surface area is 213 Å². The number of halogens is 2. The van der Waals surface area contributed by atoms with Gasteiger partial charge in [0.2, 0.25) is 0 Å². The third kappa shape index (κ3) is 13.6. The van der Waals surface area contributed by atoms with Gasteiger partial charge in [-0.1, -0.05) is 39.8 Å². The molecule has 30 heavy (non-hydrogen) atoms. The number of hydrogen-bond acceptors (Lipinski definition) is 0. The minimum absolute atomic E-state index is 0. The standard InChI is InChI=1S/2C10H9.2C3H7.2ClH.Si.Zr/c2*1-8-6-9-4-2-3-5-10(9)7-8;2*1-3-2;;;;/h2*2-7H,1H3;2*1,3H2,2H3;2*1H;;/q4*-1;;;;. The summed E-state index contributed by atoms with van der Waals surface area (Å²) >= 11 is 1.36. The Balaban J connectivity index is -0.000000347. The fourth-order valence-electron chi connectivity index (χ4n) is 2.61. The molecule has 4 rings (SSSR count). The van der Waals surface area contributed by atoms with E-state index in [1.807, 2.05) is 13.8 Å². The molecule has 2 radical (unpaired) electrons. The topological polar surface area (TPSA) is 0 Å². The first-order chi connectivity index (χ1) is 13.5. The van der Waals surface area contributed by atoms with Crippen LogP contribution in [0.2, 0.25) is 0 Å². The average molecular weight is 537 g/mol. The Morgan fingerprint density at radius 2 is 0.967 bits per heavy atom. The molecule has 4 aromatic carbocycles. The molecule has 0 aliphatic heterocycles. The first kappa shape index (κ1) is 34.0. The molecule has 4 heteroatoms. The van der Waals surface area contributed by atoms with Crippen LogP contribution in [-0.2, 0) is 23.3 Å². The van der Waals surface area contributed by atoms with Crippen LogP contribution in [0, 0.1) is 27.7 Å². The molecule has 0 N–H and O–H groups in total. The van der Waals surface area contributed by atoms with Crippen molar-refractivity contribution in [2.45, 2.75) is 40.5 Å². The Morgan fingerprint density at radius 3 is 1.23 bits per heavy atom. The Kier molecular flexibility index (Phi) is 24.4. The Bertz CT molecular complexity index is 756. The maximum absolute atomic E-state index is 3.49. The van der Waals surface area contributed by atoms with E-state index in [4.69, 9.17) is 0 Å². The molecule has 0 spiro atoms. The summed E-state index contributed by atoms with van der Waals surface area (Å²) in [6.45, 7) is 18.3. The molecule has 0 atom stereocenters. The molecule has 0 bridgehead atoms. The second kappa shape index (κ2) is 21.6. The molecule has 4 aromatic rings. The summed E-state index contributed by atoms with van der Waals surface area (Å²) in [5.41, 5.74) is 2.70.